The Kier molecular flexibility index (Phi) is 5.63. The smallest absolute Gasteiger partial charge is 0.285 e. The molecule has 1 aromatic heterocycles. The molecule has 0 aliphatic carbocycles. The molecule has 2 fully saturated rings. The van der Waals surface area contributed by atoms with Crippen LogP contribution in [0.1, 0.15) is 24.5 Å². The molecule has 0 amide bonds. The Morgan fingerprint density at radius 1 is 1.32 bits per heavy atom. The average molecular weight is 461 g/mol. The molecular formula is C25H24FN5O3. The van der Waals surface area contributed by atoms with Gasteiger partial charge >= 0.3 is 0 Å². The average Bonchev–Trinajstić information content (AvgIpc) is 3.15. The molecule has 8 nitrogen and oxygen atoms in total. The van der Waals surface area contributed by atoms with Gasteiger partial charge in [0.25, 0.3) is 5.69 Å². The van der Waals surface area contributed by atoms with Crippen molar-refractivity contribution in [3.05, 3.63) is 63.7 Å². The maximum absolute atomic E-state index is 14.5. The monoisotopic (exact) mass is 461 g/mol. The molecule has 1 N–H and O–H groups in total. The lowest BCUT2D eigenvalue weighted by molar-refractivity contribution is -0.385. The van der Waals surface area contributed by atoms with Gasteiger partial charge in [-0.25, -0.2) is 14.4 Å². The van der Waals surface area contributed by atoms with E-state index in [1.807, 2.05) is 0 Å². The molecule has 2 aromatic carbocycles. The summed E-state index contributed by atoms with van der Waals surface area (Å²) in [6, 6.07) is 8.44. The summed E-state index contributed by atoms with van der Waals surface area (Å²) in [5.41, 5.74) is 1.13. The van der Waals surface area contributed by atoms with Gasteiger partial charge in [-0.2, -0.15) is 0 Å². The van der Waals surface area contributed by atoms with Crippen molar-refractivity contribution in [1.29, 1.82) is 0 Å². The zero-order chi connectivity index (χ0) is 23.9. The first-order chi connectivity index (χ1) is 16.3. The lowest BCUT2D eigenvalue weighted by Crippen LogP contribution is -2.48. The fourth-order valence-corrected chi connectivity index (χ4v) is 4.38. The molecule has 0 saturated carbocycles. The Balaban J connectivity index is 1.49. The third kappa shape index (κ3) is 4.18. The lowest BCUT2D eigenvalue weighted by Gasteiger charge is -2.35. The Morgan fingerprint density at radius 3 is 2.88 bits per heavy atom. The zero-order valence-electron chi connectivity index (χ0n) is 19.0. The van der Waals surface area contributed by atoms with E-state index in [1.165, 1.54) is 12.4 Å². The number of halogens is 1. The molecule has 0 spiro atoms. The zero-order valence-corrected chi connectivity index (χ0v) is 19.0. The SMILES string of the molecule is Cc1cccc(Nc2ncnc3cc(C#CC4(C)CCN(C5COC5)C4)c([N+](=O)[O-])cc23)c1F. The van der Waals surface area contributed by atoms with Crippen molar-refractivity contribution in [3.63, 3.8) is 0 Å². The van der Waals surface area contributed by atoms with Crippen LogP contribution in [0.3, 0.4) is 0 Å². The Bertz CT molecular complexity index is 1350. The largest absolute Gasteiger partial charge is 0.378 e. The second kappa shape index (κ2) is 8.63. The molecule has 2 aliphatic heterocycles. The van der Waals surface area contributed by atoms with Gasteiger partial charge in [-0.1, -0.05) is 24.0 Å². The number of hydrogen-bond acceptors (Lipinski definition) is 7. The number of nitro benzene ring substituents is 1. The molecular weight excluding hydrogens is 437 g/mol. The number of nitrogens with one attached hydrogen (secondary N) is 1. The van der Waals surface area contributed by atoms with Crippen LogP contribution in [0.15, 0.2) is 36.7 Å². The second-order valence-corrected chi connectivity index (χ2v) is 9.15. The molecule has 2 saturated heterocycles. The number of fused-ring (bicyclic) bond motifs is 1. The van der Waals surface area contributed by atoms with Crippen LogP contribution in [-0.4, -0.2) is 52.1 Å². The van der Waals surface area contributed by atoms with E-state index >= 15 is 0 Å². The number of hydrogen-bond donors (Lipinski definition) is 1. The summed E-state index contributed by atoms with van der Waals surface area (Å²) in [5.74, 6) is 6.24. The van der Waals surface area contributed by atoms with Gasteiger partial charge in [-0.05, 0) is 38.0 Å². The molecule has 3 aromatic rings. The maximum Gasteiger partial charge on any atom is 0.285 e. The van der Waals surface area contributed by atoms with Crippen LogP contribution in [0.5, 0.6) is 0 Å². The molecule has 3 heterocycles. The normalized spacial score (nSPS) is 20.6. The molecule has 1 atom stereocenters. The Labute approximate surface area is 196 Å². The number of likely N-dealkylation sites (tertiary alicyclic amines) is 1. The van der Waals surface area contributed by atoms with Gasteiger partial charge in [0.1, 0.15) is 23.5 Å². The number of aromatic nitrogens is 2. The predicted octanol–water partition coefficient (Wildman–Crippen LogP) is 4.19. The Hall–Kier alpha value is -3.61. The van der Waals surface area contributed by atoms with Gasteiger partial charge in [-0.15, -0.1) is 0 Å². The van der Waals surface area contributed by atoms with Crippen molar-refractivity contribution in [2.24, 2.45) is 5.41 Å². The summed E-state index contributed by atoms with van der Waals surface area (Å²) >= 11 is 0. The van der Waals surface area contributed by atoms with Gasteiger partial charge in [0, 0.05) is 30.0 Å². The summed E-state index contributed by atoms with van der Waals surface area (Å²) in [6.07, 6.45) is 2.24. The Morgan fingerprint density at radius 2 is 2.15 bits per heavy atom. The van der Waals surface area contributed by atoms with E-state index in [9.17, 15) is 14.5 Å². The summed E-state index contributed by atoms with van der Waals surface area (Å²) < 4.78 is 19.8. The van der Waals surface area contributed by atoms with Crippen LogP contribution in [0, 0.1) is 40.1 Å². The summed E-state index contributed by atoms with van der Waals surface area (Å²) in [6.45, 7) is 7.01. The van der Waals surface area contributed by atoms with Crippen LogP contribution < -0.4 is 5.32 Å². The van der Waals surface area contributed by atoms with Crippen molar-refractivity contribution in [1.82, 2.24) is 14.9 Å². The van der Waals surface area contributed by atoms with Crippen molar-refractivity contribution < 1.29 is 14.1 Å². The van der Waals surface area contributed by atoms with E-state index in [2.05, 4.69) is 38.9 Å². The molecule has 1 unspecified atom stereocenters. The van der Waals surface area contributed by atoms with Gasteiger partial charge in [0.15, 0.2) is 0 Å². The quantitative estimate of drug-likeness (QED) is 0.354. The number of rotatable bonds is 4. The molecule has 9 heteroatoms. The van der Waals surface area contributed by atoms with Crippen molar-refractivity contribution >= 4 is 28.1 Å². The van der Waals surface area contributed by atoms with E-state index in [0.29, 0.717) is 33.9 Å². The van der Waals surface area contributed by atoms with Crippen LogP contribution in [-0.2, 0) is 4.74 Å². The number of aryl methyl sites for hydroxylation is 1. The highest BCUT2D eigenvalue weighted by Crippen LogP contribution is 2.34. The summed E-state index contributed by atoms with van der Waals surface area (Å²) in [5, 5.41) is 15.3. The number of ether oxygens (including phenoxy) is 1. The van der Waals surface area contributed by atoms with E-state index in [4.69, 9.17) is 4.74 Å². The fraction of sp³-hybridized carbons (Fsp3) is 0.360. The van der Waals surface area contributed by atoms with Crippen LogP contribution >= 0.6 is 0 Å². The molecule has 2 aliphatic rings. The standard InChI is InChI=1S/C25H24FN5O3/c1-16-4-3-5-20(23(16)26)29-24-19-11-22(31(32)33)17(10-21(19)27-15-28-24)6-7-25(2)8-9-30(14-25)18-12-34-13-18/h3-5,10-11,15,18H,8-9,12-14H2,1-2H3,(H,27,28,29). The minimum atomic E-state index is -0.456. The first kappa shape index (κ1) is 22.2. The molecule has 174 valence electrons. The van der Waals surface area contributed by atoms with Gasteiger partial charge < -0.3 is 10.1 Å². The minimum Gasteiger partial charge on any atom is -0.378 e. The predicted molar refractivity (Wildman–Crippen MR) is 126 cm³/mol. The first-order valence-corrected chi connectivity index (χ1v) is 11.1. The summed E-state index contributed by atoms with van der Waals surface area (Å²) in [4.78, 5) is 22.3. The van der Waals surface area contributed by atoms with Crippen LogP contribution in [0.2, 0.25) is 0 Å². The highest BCUT2D eigenvalue weighted by Gasteiger charge is 2.38. The molecule has 0 bridgehead atoms. The van der Waals surface area contributed by atoms with Crippen molar-refractivity contribution in [3.8, 4) is 11.8 Å². The number of benzene rings is 2. The van der Waals surface area contributed by atoms with E-state index < -0.39 is 10.7 Å². The molecule has 34 heavy (non-hydrogen) atoms. The van der Waals surface area contributed by atoms with Gasteiger partial charge in [0.2, 0.25) is 0 Å². The maximum atomic E-state index is 14.5. The number of nitrogens with zero attached hydrogens (tertiary/aromatic N) is 4. The first-order valence-electron chi connectivity index (χ1n) is 11.1. The molecule has 0 radical (unpaired) electrons. The topological polar surface area (TPSA) is 93.4 Å². The van der Waals surface area contributed by atoms with E-state index in [1.54, 1.807) is 31.2 Å². The van der Waals surface area contributed by atoms with E-state index in [-0.39, 0.29) is 16.8 Å². The van der Waals surface area contributed by atoms with Gasteiger partial charge in [-0.3, -0.25) is 15.0 Å². The lowest BCUT2D eigenvalue weighted by atomic mass is 9.90. The van der Waals surface area contributed by atoms with Crippen molar-refractivity contribution in [2.45, 2.75) is 26.3 Å². The van der Waals surface area contributed by atoms with Gasteiger partial charge in [0.05, 0.1) is 35.4 Å². The third-order valence-electron chi connectivity index (χ3n) is 6.53. The number of anilines is 2. The molecule has 5 rings (SSSR count). The summed E-state index contributed by atoms with van der Waals surface area (Å²) in [7, 11) is 0. The fourth-order valence-electron chi connectivity index (χ4n) is 4.38. The third-order valence-corrected chi connectivity index (χ3v) is 6.53. The second-order valence-electron chi connectivity index (χ2n) is 9.15. The minimum absolute atomic E-state index is 0.131. The highest BCUT2D eigenvalue weighted by atomic mass is 19.1. The van der Waals surface area contributed by atoms with E-state index in [0.717, 1.165) is 32.7 Å². The van der Waals surface area contributed by atoms with Crippen molar-refractivity contribution in [2.75, 3.05) is 31.6 Å². The highest BCUT2D eigenvalue weighted by molar-refractivity contribution is 5.93. The van der Waals surface area contributed by atoms with Crippen LogP contribution in [0.4, 0.5) is 21.6 Å². The van der Waals surface area contributed by atoms with Crippen LogP contribution in [0.25, 0.3) is 10.9 Å². The number of nitro groups is 1.